The van der Waals surface area contributed by atoms with Gasteiger partial charge in [-0.2, -0.15) is 11.8 Å². The largest absolute Gasteiger partial charge is 0.307 e. The molecule has 0 heterocycles. The third kappa shape index (κ3) is 5.64. The van der Waals surface area contributed by atoms with Gasteiger partial charge in [-0.05, 0) is 49.0 Å². The minimum absolute atomic E-state index is 0.434. The molecule has 0 aliphatic rings. The van der Waals surface area contributed by atoms with E-state index in [2.05, 4.69) is 38.2 Å². The van der Waals surface area contributed by atoms with Crippen LogP contribution in [-0.4, -0.2) is 17.5 Å². The molecule has 18 heavy (non-hydrogen) atoms. The lowest BCUT2D eigenvalue weighted by Gasteiger charge is -2.22. The van der Waals surface area contributed by atoms with E-state index < -0.39 is 0 Å². The van der Waals surface area contributed by atoms with Gasteiger partial charge in [-0.3, -0.25) is 0 Å². The molecule has 0 saturated carbocycles. The van der Waals surface area contributed by atoms with Crippen LogP contribution < -0.4 is 5.32 Å². The summed E-state index contributed by atoms with van der Waals surface area (Å²) in [5.41, 5.74) is 1.33. The highest BCUT2D eigenvalue weighted by molar-refractivity contribution is 7.99. The Bertz CT molecular complexity index is 326. The maximum Gasteiger partial charge on any atom is 0.0406 e. The van der Waals surface area contributed by atoms with Crippen molar-refractivity contribution in [1.82, 2.24) is 5.32 Å². The Balaban J connectivity index is 2.48. The van der Waals surface area contributed by atoms with Gasteiger partial charge in [0.05, 0.1) is 0 Å². The van der Waals surface area contributed by atoms with Crippen molar-refractivity contribution >= 4 is 23.4 Å². The van der Waals surface area contributed by atoms with Crippen molar-refractivity contribution in [2.24, 2.45) is 0 Å². The number of nitrogens with one attached hydrogen (secondary N) is 1. The van der Waals surface area contributed by atoms with Crippen LogP contribution in [0.2, 0.25) is 5.02 Å². The second-order valence-electron chi connectivity index (χ2n) is 4.57. The van der Waals surface area contributed by atoms with Gasteiger partial charge < -0.3 is 5.32 Å². The smallest absolute Gasteiger partial charge is 0.0406 e. The van der Waals surface area contributed by atoms with Crippen LogP contribution in [0.5, 0.6) is 0 Å². The molecular formula is C15H24ClNS. The van der Waals surface area contributed by atoms with Crippen LogP contribution >= 0.6 is 23.4 Å². The zero-order valence-electron chi connectivity index (χ0n) is 11.6. The highest BCUT2D eigenvalue weighted by atomic mass is 35.5. The minimum atomic E-state index is 0.434. The number of hydrogen-bond acceptors (Lipinski definition) is 2. The molecule has 2 atom stereocenters. The van der Waals surface area contributed by atoms with E-state index in [-0.39, 0.29) is 0 Å². The Morgan fingerprint density at radius 3 is 2.44 bits per heavy atom. The SMILES string of the molecule is CCSCCC(C)NC(CC)c1ccc(Cl)cc1. The molecule has 1 N–H and O–H groups in total. The van der Waals surface area contributed by atoms with Gasteiger partial charge in [0.2, 0.25) is 0 Å². The number of halogens is 1. The van der Waals surface area contributed by atoms with Crippen LogP contribution in [0, 0.1) is 0 Å². The second kappa shape index (κ2) is 8.84. The van der Waals surface area contributed by atoms with Crippen molar-refractivity contribution in [1.29, 1.82) is 0 Å². The fraction of sp³-hybridized carbons (Fsp3) is 0.600. The van der Waals surface area contributed by atoms with E-state index in [0.29, 0.717) is 12.1 Å². The predicted molar refractivity (Wildman–Crippen MR) is 84.7 cm³/mol. The van der Waals surface area contributed by atoms with Gasteiger partial charge in [0.15, 0.2) is 0 Å². The number of hydrogen-bond donors (Lipinski definition) is 1. The Hall–Kier alpha value is -0.180. The Morgan fingerprint density at radius 2 is 1.89 bits per heavy atom. The summed E-state index contributed by atoms with van der Waals surface area (Å²) in [7, 11) is 0. The highest BCUT2D eigenvalue weighted by Crippen LogP contribution is 2.20. The third-order valence-electron chi connectivity index (χ3n) is 3.07. The van der Waals surface area contributed by atoms with Crippen LogP contribution in [0.4, 0.5) is 0 Å². The first-order chi connectivity index (χ1) is 8.67. The summed E-state index contributed by atoms with van der Waals surface area (Å²) in [5.74, 6) is 2.45. The van der Waals surface area contributed by atoms with E-state index in [0.717, 1.165) is 11.4 Å². The first-order valence-electron chi connectivity index (χ1n) is 6.76. The van der Waals surface area contributed by atoms with Gasteiger partial charge in [0.25, 0.3) is 0 Å². The first-order valence-corrected chi connectivity index (χ1v) is 8.29. The average molecular weight is 286 g/mol. The molecule has 1 nitrogen and oxygen atoms in total. The molecule has 102 valence electrons. The minimum Gasteiger partial charge on any atom is -0.307 e. The normalized spacial score (nSPS) is 14.4. The van der Waals surface area contributed by atoms with Crippen molar-refractivity contribution in [2.75, 3.05) is 11.5 Å². The van der Waals surface area contributed by atoms with E-state index in [1.54, 1.807) is 0 Å². The fourth-order valence-electron chi connectivity index (χ4n) is 1.98. The average Bonchev–Trinajstić information content (AvgIpc) is 2.37. The molecule has 0 aliphatic carbocycles. The lowest BCUT2D eigenvalue weighted by Crippen LogP contribution is -2.30. The second-order valence-corrected chi connectivity index (χ2v) is 6.40. The summed E-state index contributed by atoms with van der Waals surface area (Å²) in [4.78, 5) is 0. The lowest BCUT2D eigenvalue weighted by atomic mass is 10.0. The van der Waals surface area contributed by atoms with E-state index in [9.17, 15) is 0 Å². The quantitative estimate of drug-likeness (QED) is 0.681. The fourth-order valence-corrected chi connectivity index (χ4v) is 2.91. The van der Waals surface area contributed by atoms with Crippen LogP contribution in [0.1, 0.15) is 45.2 Å². The number of rotatable bonds is 8. The standard InChI is InChI=1S/C15H24ClNS/c1-4-15(13-6-8-14(16)9-7-13)17-12(3)10-11-18-5-2/h6-9,12,15,17H,4-5,10-11H2,1-3H3. The monoisotopic (exact) mass is 285 g/mol. The summed E-state index contributed by atoms with van der Waals surface area (Å²) in [6.07, 6.45) is 2.33. The lowest BCUT2D eigenvalue weighted by molar-refractivity contribution is 0.439. The molecule has 3 heteroatoms. The maximum absolute atomic E-state index is 5.93. The van der Waals surface area contributed by atoms with E-state index in [1.165, 1.54) is 23.5 Å². The van der Waals surface area contributed by atoms with Crippen molar-refractivity contribution < 1.29 is 0 Å². The van der Waals surface area contributed by atoms with Crippen LogP contribution in [0.3, 0.4) is 0 Å². The summed E-state index contributed by atoms with van der Waals surface area (Å²) in [5, 5.41) is 4.51. The van der Waals surface area contributed by atoms with Gasteiger partial charge >= 0.3 is 0 Å². The topological polar surface area (TPSA) is 12.0 Å². The summed E-state index contributed by atoms with van der Waals surface area (Å²) in [6.45, 7) is 6.71. The molecule has 0 aromatic heterocycles. The van der Waals surface area contributed by atoms with Crippen molar-refractivity contribution in [3.05, 3.63) is 34.9 Å². The summed E-state index contributed by atoms with van der Waals surface area (Å²) < 4.78 is 0. The van der Waals surface area contributed by atoms with Gasteiger partial charge in [0.1, 0.15) is 0 Å². The molecule has 0 saturated heterocycles. The van der Waals surface area contributed by atoms with E-state index >= 15 is 0 Å². The van der Waals surface area contributed by atoms with Crippen molar-refractivity contribution in [3.8, 4) is 0 Å². The van der Waals surface area contributed by atoms with Crippen LogP contribution in [-0.2, 0) is 0 Å². The molecular weight excluding hydrogens is 262 g/mol. The molecule has 0 fully saturated rings. The first kappa shape index (κ1) is 15.9. The summed E-state index contributed by atoms with van der Waals surface area (Å²) >= 11 is 7.94. The molecule has 1 aromatic carbocycles. The molecule has 1 rings (SSSR count). The number of benzene rings is 1. The number of thioether (sulfide) groups is 1. The molecule has 0 radical (unpaired) electrons. The third-order valence-corrected chi connectivity index (χ3v) is 4.25. The predicted octanol–water partition coefficient (Wildman–Crippen LogP) is 4.91. The van der Waals surface area contributed by atoms with Crippen LogP contribution in [0.25, 0.3) is 0 Å². The molecule has 0 spiro atoms. The van der Waals surface area contributed by atoms with E-state index in [4.69, 9.17) is 11.6 Å². The van der Waals surface area contributed by atoms with Gasteiger partial charge in [-0.15, -0.1) is 0 Å². The van der Waals surface area contributed by atoms with Gasteiger partial charge in [-0.25, -0.2) is 0 Å². The van der Waals surface area contributed by atoms with Crippen molar-refractivity contribution in [2.45, 2.75) is 45.7 Å². The molecule has 0 aliphatic heterocycles. The highest BCUT2D eigenvalue weighted by Gasteiger charge is 2.12. The van der Waals surface area contributed by atoms with Gasteiger partial charge in [-0.1, -0.05) is 37.6 Å². The Kier molecular flexibility index (Phi) is 7.80. The Labute approximate surface area is 121 Å². The zero-order chi connectivity index (χ0) is 13.4. The molecule has 0 amide bonds. The maximum atomic E-state index is 5.93. The van der Waals surface area contributed by atoms with Crippen molar-refractivity contribution in [3.63, 3.8) is 0 Å². The molecule has 1 aromatic rings. The summed E-state index contributed by atoms with van der Waals surface area (Å²) in [6, 6.07) is 9.18. The molecule has 2 unspecified atom stereocenters. The van der Waals surface area contributed by atoms with Gasteiger partial charge in [0, 0.05) is 17.1 Å². The zero-order valence-corrected chi connectivity index (χ0v) is 13.2. The molecule has 0 bridgehead atoms. The van der Waals surface area contributed by atoms with Crippen LogP contribution in [0.15, 0.2) is 24.3 Å². The Morgan fingerprint density at radius 1 is 1.22 bits per heavy atom. The van der Waals surface area contributed by atoms with E-state index in [1.807, 2.05) is 23.9 Å².